The van der Waals surface area contributed by atoms with Crippen LogP contribution in [0.25, 0.3) is 6.08 Å². The van der Waals surface area contributed by atoms with Gasteiger partial charge >= 0.3 is 0 Å². The second-order valence-electron chi connectivity index (χ2n) is 6.08. The minimum Gasteiger partial charge on any atom is -0.350 e. The van der Waals surface area contributed by atoms with Crippen molar-refractivity contribution in [2.75, 3.05) is 5.32 Å². The molecule has 3 rings (SSSR count). The van der Waals surface area contributed by atoms with Gasteiger partial charge in [0.1, 0.15) is 5.82 Å². The minimum absolute atomic E-state index is 0.0813. The van der Waals surface area contributed by atoms with Crippen LogP contribution < -0.4 is 10.6 Å². The number of hydrogen-bond donors (Lipinski definition) is 2. The molecule has 1 heterocycles. The van der Waals surface area contributed by atoms with Gasteiger partial charge in [-0.05, 0) is 43.7 Å². The lowest BCUT2D eigenvalue weighted by Crippen LogP contribution is -2.32. The van der Waals surface area contributed by atoms with Crippen LogP contribution in [0.15, 0.2) is 52.3 Å². The van der Waals surface area contributed by atoms with Crippen molar-refractivity contribution in [1.82, 2.24) is 5.32 Å². The normalized spacial score (nSPS) is 16.0. The highest BCUT2D eigenvalue weighted by molar-refractivity contribution is 8.04. The van der Waals surface area contributed by atoms with Crippen molar-refractivity contribution in [3.8, 4) is 0 Å². The quantitative estimate of drug-likeness (QED) is 0.783. The predicted molar refractivity (Wildman–Crippen MR) is 103 cm³/mol. The first kappa shape index (κ1) is 18.2. The first-order valence-electron chi connectivity index (χ1n) is 8.38. The molecule has 0 spiro atoms. The molecule has 0 bridgehead atoms. The number of fused-ring (bicyclic) bond motifs is 1. The molecular formula is C20H19FN2O2S. The molecule has 2 N–H and O–H groups in total. The Bertz CT molecular complexity index is 895. The van der Waals surface area contributed by atoms with Crippen LogP contribution in [-0.4, -0.2) is 17.9 Å². The number of amides is 2. The lowest BCUT2D eigenvalue weighted by atomic mass is 10.1. The van der Waals surface area contributed by atoms with E-state index < -0.39 is 0 Å². The summed E-state index contributed by atoms with van der Waals surface area (Å²) in [5.41, 5.74) is 1.44. The zero-order valence-electron chi connectivity index (χ0n) is 14.5. The van der Waals surface area contributed by atoms with Gasteiger partial charge in [0.2, 0.25) is 0 Å². The van der Waals surface area contributed by atoms with E-state index in [1.165, 1.54) is 23.9 Å². The number of benzene rings is 2. The number of thioether (sulfide) groups is 1. The van der Waals surface area contributed by atoms with Crippen LogP contribution in [0.3, 0.4) is 0 Å². The van der Waals surface area contributed by atoms with Gasteiger partial charge in [0.05, 0.1) is 10.6 Å². The first-order chi connectivity index (χ1) is 12.5. The molecule has 0 aromatic heterocycles. The fourth-order valence-corrected chi connectivity index (χ4v) is 3.37. The van der Waals surface area contributed by atoms with E-state index in [0.717, 1.165) is 11.3 Å². The largest absolute Gasteiger partial charge is 0.350 e. The molecule has 1 aliphatic rings. The average Bonchev–Trinajstić information content (AvgIpc) is 2.63. The summed E-state index contributed by atoms with van der Waals surface area (Å²) in [6.07, 6.45) is 2.37. The summed E-state index contributed by atoms with van der Waals surface area (Å²) in [5.74, 6) is -0.865. The van der Waals surface area contributed by atoms with Gasteiger partial charge in [-0.2, -0.15) is 0 Å². The Balaban J connectivity index is 1.84. The molecule has 1 aliphatic heterocycles. The van der Waals surface area contributed by atoms with Gasteiger partial charge in [-0.3, -0.25) is 9.59 Å². The summed E-state index contributed by atoms with van der Waals surface area (Å²) >= 11 is 1.26. The monoisotopic (exact) mass is 370 g/mol. The number of hydrogen-bond acceptors (Lipinski definition) is 3. The van der Waals surface area contributed by atoms with Crippen LogP contribution in [0.1, 0.15) is 36.2 Å². The maximum absolute atomic E-state index is 13.8. The molecule has 0 aliphatic carbocycles. The summed E-state index contributed by atoms with van der Waals surface area (Å²) in [7, 11) is 0. The van der Waals surface area contributed by atoms with E-state index in [4.69, 9.17) is 0 Å². The molecule has 2 aromatic carbocycles. The van der Waals surface area contributed by atoms with Crippen molar-refractivity contribution in [2.45, 2.75) is 31.2 Å². The number of halogens is 1. The molecule has 2 amide bonds. The standard InChI is InChI=1S/C20H19FN2O2S/c1-3-12(2)22-19(24)14-8-9-17-16(10-14)23-20(25)18(26-17)11-13-6-4-5-7-15(13)21/h4-12H,3H2,1-2H3,(H,22,24)(H,23,25). The highest BCUT2D eigenvalue weighted by atomic mass is 32.2. The lowest BCUT2D eigenvalue weighted by Gasteiger charge is -2.20. The van der Waals surface area contributed by atoms with E-state index >= 15 is 0 Å². The van der Waals surface area contributed by atoms with E-state index in [0.29, 0.717) is 21.7 Å². The number of carbonyl (C=O) groups is 2. The molecule has 134 valence electrons. The zero-order valence-corrected chi connectivity index (χ0v) is 15.3. The van der Waals surface area contributed by atoms with Crippen molar-refractivity contribution in [2.24, 2.45) is 0 Å². The van der Waals surface area contributed by atoms with Crippen molar-refractivity contribution in [1.29, 1.82) is 0 Å². The van der Waals surface area contributed by atoms with E-state index in [1.807, 2.05) is 13.8 Å². The molecule has 26 heavy (non-hydrogen) atoms. The van der Waals surface area contributed by atoms with E-state index in [9.17, 15) is 14.0 Å². The Morgan fingerprint density at radius 3 is 2.81 bits per heavy atom. The predicted octanol–water partition coefficient (Wildman–Crippen LogP) is 4.44. The molecule has 1 unspecified atom stereocenters. The maximum atomic E-state index is 13.8. The van der Waals surface area contributed by atoms with Crippen LogP contribution in [0.4, 0.5) is 10.1 Å². The van der Waals surface area contributed by atoms with Crippen LogP contribution in [0.2, 0.25) is 0 Å². The van der Waals surface area contributed by atoms with Gasteiger partial charge in [0, 0.05) is 22.1 Å². The van der Waals surface area contributed by atoms with Gasteiger partial charge in [-0.1, -0.05) is 36.9 Å². The molecule has 0 saturated heterocycles. The summed E-state index contributed by atoms with van der Waals surface area (Å²) in [5, 5.41) is 5.68. The van der Waals surface area contributed by atoms with Crippen molar-refractivity contribution < 1.29 is 14.0 Å². The van der Waals surface area contributed by atoms with Crippen molar-refractivity contribution in [3.63, 3.8) is 0 Å². The third-order valence-corrected chi connectivity index (χ3v) is 5.21. The van der Waals surface area contributed by atoms with Crippen molar-refractivity contribution >= 4 is 35.3 Å². The van der Waals surface area contributed by atoms with Gasteiger partial charge in [-0.25, -0.2) is 4.39 Å². The van der Waals surface area contributed by atoms with Crippen LogP contribution in [-0.2, 0) is 4.79 Å². The molecule has 1 atom stereocenters. The highest BCUT2D eigenvalue weighted by Crippen LogP contribution is 2.39. The van der Waals surface area contributed by atoms with Crippen LogP contribution in [0, 0.1) is 5.82 Å². The summed E-state index contributed by atoms with van der Waals surface area (Å²) in [4.78, 5) is 25.8. The first-order valence-corrected chi connectivity index (χ1v) is 9.20. The number of carbonyl (C=O) groups excluding carboxylic acids is 2. The Hall–Kier alpha value is -2.60. The number of nitrogens with one attached hydrogen (secondary N) is 2. The topological polar surface area (TPSA) is 58.2 Å². The molecule has 0 fully saturated rings. The summed E-state index contributed by atoms with van der Waals surface area (Å²) in [6.45, 7) is 3.94. The Morgan fingerprint density at radius 2 is 2.08 bits per heavy atom. The second-order valence-corrected chi connectivity index (χ2v) is 7.16. The minimum atomic E-state index is -0.378. The highest BCUT2D eigenvalue weighted by Gasteiger charge is 2.22. The number of rotatable bonds is 4. The van der Waals surface area contributed by atoms with Crippen LogP contribution in [0.5, 0.6) is 0 Å². The third kappa shape index (κ3) is 3.96. The molecule has 2 aromatic rings. The molecular weight excluding hydrogens is 351 g/mol. The van der Waals surface area contributed by atoms with Gasteiger partial charge < -0.3 is 10.6 Å². The van der Waals surface area contributed by atoms with E-state index in [2.05, 4.69) is 10.6 Å². The Morgan fingerprint density at radius 1 is 1.31 bits per heavy atom. The Labute approximate surface area is 155 Å². The molecule has 4 nitrogen and oxygen atoms in total. The maximum Gasteiger partial charge on any atom is 0.262 e. The Kier molecular flexibility index (Phi) is 5.42. The van der Waals surface area contributed by atoms with Crippen molar-refractivity contribution in [3.05, 3.63) is 64.3 Å². The van der Waals surface area contributed by atoms with Gasteiger partial charge in [0.15, 0.2) is 0 Å². The smallest absolute Gasteiger partial charge is 0.262 e. The molecule has 6 heteroatoms. The summed E-state index contributed by atoms with van der Waals surface area (Å²) in [6, 6.07) is 11.6. The lowest BCUT2D eigenvalue weighted by molar-refractivity contribution is -0.112. The van der Waals surface area contributed by atoms with E-state index in [-0.39, 0.29) is 23.7 Å². The second kappa shape index (κ2) is 7.74. The number of anilines is 1. The van der Waals surface area contributed by atoms with Gasteiger partial charge in [-0.15, -0.1) is 0 Å². The molecule has 0 saturated carbocycles. The third-order valence-electron chi connectivity index (χ3n) is 4.12. The van der Waals surface area contributed by atoms with Crippen LogP contribution >= 0.6 is 11.8 Å². The van der Waals surface area contributed by atoms with E-state index in [1.54, 1.807) is 36.4 Å². The fraction of sp³-hybridized carbons (Fsp3) is 0.200. The van der Waals surface area contributed by atoms with Gasteiger partial charge in [0.25, 0.3) is 11.8 Å². The fourth-order valence-electron chi connectivity index (χ4n) is 2.44. The average molecular weight is 370 g/mol. The summed E-state index contributed by atoms with van der Waals surface area (Å²) < 4.78 is 13.8. The molecule has 0 radical (unpaired) electrons. The SMILES string of the molecule is CCC(C)NC(=O)c1ccc2c(c1)NC(=O)C(=Cc1ccccc1F)S2. The zero-order chi connectivity index (χ0) is 18.7.